The van der Waals surface area contributed by atoms with E-state index in [9.17, 15) is 22.8 Å². The number of hydrogen-bond acceptors (Lipinski definition) is 3. The topological polar surface area (TPSA) is 60.3 Å². The predicted molar refractivity (Wildman–Crippen MR) is 125 cm³/mol. The van der Waals surface area contributed by atoms with Crippen LogP contribution in [0.3, 0.4) is 0 Å². The number of fused-ring (bicyclic) bond motifs is 4. The van der Waals surface area contributed by atoms with Crippen molar-refractivity contribution in [1.29, 1.82) is 0 Å². The van der Waals surface area contributed by atoms with E-state index in [2.05, 4.69) is 5.32 Å². The average molecular weight is 473 g/mol. The van der Waals surface area contributed by atoms with E-state index >= 15 is 0 Å². The van der Waals surface area contributed by atoms with Gasteiger partial charge in [0.25, 0.3) is 5.56 Å². The Morgan fingerprint density at radius 1 is 1.15 bits per heavy atom. The zero-order valence-corrected chi connectivity index (χ0v) is 19.2. The SMILES string of the molecule is CCCOCc1ccc2c(c1)-c1c(CCC(=O)NC)c3ccc(C(F)(F)F)cc3c(=O)n1CC2. The molecule has 1 aliphatic rings. The summed E-state index contributed by atoms with van der Waals surface area (Å²) in [6, 6.07) is 9.31. The van der Waals surface area contributed by atoms with Crippen LogP contribution in [0.2, 0.25) is 0 Å². The van der Waals surface area contributed by atoms with Crippen molar-refractivity contribution in [2.45, 2.75) is 51.9 Å². The number of rotatable bonds is 7. The summed E-state index contributed by atoms with van der Waals surface area (Å²) >= 11 is 0. The van der Waals surface area contributed by atoms with Gasteiger partial charge in [-0.15, -0.1) is 0 Å². The number of hydrogen-bond donors (Lipinski definition) is 1. The van der Waals surface area contributed by atoms with Crippen LogP contribution in [0.15, 0.2) is 41.2 Å². The molecule has 0 unspecified atom stereocenters. The van der Waals surface area contributed by atoms with Gasteiger partial charge in [-0.2, -0.15) is 13.2 Å². The largest absolute Gasteiger partial charge is 0.416 e. The van der Waals surface area contributed by atoms with Crippen LogP contribution in [0.5, 0.6) is 0 Å². The number of aryl methyl sites for hydroxylation is 2. The number of aromatic nitrogens is 1. The molecule has 5 nitrogen and oxygen atoms in total. The maximum absolute atomic E-state index is 13.4. The highest BCUT2D eigenvalue weighted by Gasteiger charge is 2.32. The van der Waals surface area contributed by atoms with Crippen LogP contribution >= 0.6 is 0 Å². The van der Waals surface area contributed by atoms with Crippen molar-refractivity contribution >= 4 is 16.7 Å². The molecule has 0 bridgehead atoms. The van der Waals surface area contributed by atoms with Crippen molar-refractivity contribution in [2.75, 3.05) is 13.7 Å². The molecule has 4 rings (SSSR count). The third kappa shape index (κ3) is 4.59. The van der Waals surface area contributed by atoms with Gasteiger partial charge >= 0.3 is 6.18 Å². The number of nitrogens with one attached hydrogen (secondary N) is 1. The van der Waals surface area contributed by atoms with Gasteiger partial charge in [-0.25, -0.2) is 0 Å². The molecule has 1 N–H and O–H groups in total. The van der Waals surface area contributed by atoms with E-state index in [0.717, 1.165) is 35.2 Å². The van der Waals surface area contributed by atoms with Crippen molar-refractivity contribution in [1.82, 2.24) is 9.88 Å². The summed E-state index contributed by atoms with van der Waals surface area (Å²) in [5.74, 6) is -0.178. The number of carbonyl (C=O) groups is 1. The minimum Gasteiger partial charge on any atom is -0.377 e. The van der Waals surface area contributed by atoms with Gasteiger partial charge in [-0.05, 0) is 59.5 Å². The third-order valence-corrected chi connectivity index (χ3v) is 6.24. The number of nitrogens with zero attached hydrogens (tertiary/aromatic N) is 1. The molecule has 0 spiro atoms. The molecule has 1 amide bonds. The summed E-state index contributed by atoms with van der Waals surface area (Å²) in [5, 5.41) is 3.06. The summed E-state index contributed by atoms with van der Waals surface area (Å²) < 4.78 is 47.4. The molecule has 1 aliphatic heterocycles. The van der Waals surface area contributed by atoms with Crippen LogP contribution in [-0.4, -0.2) is 24.1 Å². The molecule has 2 heterocycles. The summed E-state index contributed by atoms with van der Waals surface area (Å²) in [4.78, 5) is 25.4. The van der Waals surface area contributed by atoms with E-state index in [0.29, 0.717) is 49.2 Å². The maximum Gasteiger partial charge on any atom is 0.416 e. The third-order valence-electron chi connectivity index (χ3n) is 6.24. The minimum atomic E-state index is -4.55. The number of ether oxygens (including phenoxy) is 1. The molecule has 3 aromatic rings. The van der Waals surface area contributed by atoms with E-state index in [1.807, 2.05) is 25.1 Å². The van der Waals surface area contributed by atoms with Crippen LogP contribution in [0.4, 0.5) is 13.2 Å². The number of benzene rings is 2. The molecular formula is C26H27F3N2O3. The molecule has 2 aromatic carbocycles. The highest BCUT2D eigenvalue weighted by Crippen LogP contribution is 2.38. The minimum absolute atomic E-state index is 0.0244. The second-order valence-electron chi connectivity index (χ2n) is 8.51. The normalized spacial score (nSPS) is 13.0. The zero-order valence-electron chi connectivity index (χ0n) is 19.2. The van der Waals surface area contributed by atoms with Gasteiger partial charge in [0.15, 0.2) is 0 Å². The Balaban J connectivity index is 1.94. The highest BCUT2D eigenvalue weighted by molar-refractivity contribution is 5.92. The van der Waals surface area contributed by atoms with Gasteiger partial charge in [0.05, 0.1) is 17.9 Å². The predicted octanol–water partition coefficient (Wildman–Crippen LogP) is 4.85. The lowest BCUT2D eigenvalue weighted by Gasteiger charge is -2.27. The summed E-state index contributed by atoms with van der Waals surface area (Å²) in [5.41, 5.74) is 2.97. The molecule has 34 heavy (non-hydrogen) atoms. The fraction of sp³-hybridized carbons (Fsp3) is 0.385. The Bertz CT molecular complexity index is 1300. The second-order valence-corrected chi connectivity index (χ2v) is 8.51. The number of amides is 1. The lowest BCUT2D eigenvalue weighted by Crippen LogP contribution is -2.29. The van der Waals surface area contributed by atoms with E-state index < -0.39 is 17.3 Å². The lowest BCUT2D eigenvalue weighted by atomic mass is 9.88. The zero-order chi connectivity index (χ0) is 24.5. The second kappa shape index (κ2) is 9.62. The molecule has 0 saturated carbocycles. The number of halogens is 3. The summed E-state index contributed by atoms with van der Waals surface area (Å²) in [6.45, 7) is 3.47. The van der Waals surface area contributed by atoms with Crippen molar-refractivity contribution in [3.8, 4) is 11.3 Å². The Morgan fingerprint density at radius 3 is 2.65 bits per heavy atom. The van der Waals surface area contributed by atoms with E-state index in [4.69, 9.17) is 4.74 Å². The number of carbonyl (C=O) groups excluding carboxylic acids is 1. The molecule has 8 heteroatoms. The lowest BCUT2D eigenvalue weighted by molar-refractivity contribution is -0.137. The first kappa shape index (κ1) is 24.0. The van der Waals surface area contributed by atoms with E-state index in [1.54, 1.807) is 11.6 Å². The van der Waals surface area contributed by atoms with Crippen LogP contribution in [0.25, 0.3) is 22.0 Å². The highest BCUT2D eigenvalue weighted by atomic mass is 19.4. The molecule has 180 valence electrons. The van der Waals surface area contributed by atoms with Gasteiger partial charge in [0, 0.05) is 37.6 Å². The molecule has 1 aromatic heterocycles. The fourth-order valence-electron chi connectivity index (χ4n) is 4.55. The smallest absolute Gasteiger partial charge is 0.377 e. The number of alkyl halides is 3. The molecular weight excluding hydrogens is 445 g/mol. The standard InChI is InChI=1S/C26H27F3N2O3/c1-3-12-34-15-16-4-5-17-10-11-31-24(21(17)13-16)20(8-9-23(32)30-2)19-7-6-18(26(27,28)29)14-22(19)25(31)33/h4-7,13-14H,3,8-12,15H2,1-2H3,(H,30,32). The van der Waals surface area contributed by atoms with Gasteiger partial charge < -0.3 is 14.6 Å². The first-order valence-corrected chi connectivity index (χ1v) is 11.4. The van der Waals surface area contributed by atoms with Gasteiger partial charge in [-0.1, -0.05) is 25.1 Å². The van der Waals surface area contributed by atoms with Crippen LogP contribution in [0.1, 0.15) is 42.0 Å². The monoisotopic (exact) mass is 472 g/mol. The Kier molecular flexibility index (Phi) is 6.79. The molecule has 0 saturated heterocycles. The maximum atomic E-state index is 13.4. The fourth-order valence-corrected chi connectivity index (χ4v) is 4.55. The molecule has 0 fully saturated rings. The summed E-state index contributed by atoms with van der Waals surface area (Å²) in [7, 11) is 1.54. The summed E-state index contributed by atoms with van der Waals surface area (Å²) in [6.07, 6.45) is -2.60. The van der Waals surface area contributed by atoms with Crippen molar-refractivity contribution in [3.63, 3.8) is 0 Å². The van der Waals surface area contributed by atoms with Crippen LogP contribution in [0, 0.1) is 0 Å². The first-order valence-electron chi connectivity index (χ1n) is 11.4. The van der Waals surface area contributed by atoms with Crippen LogP contribution < -0.4 is 10.9 Å². The Labute approximate surface area is 195 Å². The molecule has 0 atom stereocenters. The average Bonchev–Trinajstić information content (AvgIpc) is 2.82. The Morgan fingerprint density at radius 2 is 1.94 bits per heavy atom. The van der Waals surface area contributed by atoms with Gasteiger partial charge in [-0.3, -0.25) is 9.59 Å². The Hall–Kier alpha value is -3.13. The van der Waals surface area contributed by atoms with E-state index in [-0.39, 0.29) is 17.7 Å². The van der Waals surface area contributed by atoms with Crippen molar-refractivity contribution in [3.05, 3.63) is 69.0 Å². The van der Waals surface area contributed by atoms with Gasteiger partial charge in [0.1, 0.15) is 0 Å². The van der Waals surface area contributed by atoms with E-state index in [1.165, 1.54) is 6.07 Å². The molecule has 0 radical (unpaired) electrons. The molecule has 0 aliphatic carbocycles. The number of pyridine rings is 1. The van der Waals surface area contributed by atoms with Gasteiger partial charge in [0.2, 0.25) is 5.91 Å². The van der Waals surface area contributed by atoms with Crippen LogP contribution in [-0.2, 0) is 41.7 Å². The quantitative estimate of drug-likeness (QED) is 0.500. The van der Waals surface area contributed by atoms with Crippen molar-refractivity contribution in [2.24, 2.45) is 0 Å². The first-order chi connectivity index (χ1) is 16.2. The van der Waals surface area contributed by atoms with Crippen molar-refractivity contribution < 1.29 is 22.7 Å².